The number of hydrogen-bond acceptors (Lipinski definition) is 5. The third-order valence-corrected chi connectivity index (χ3v) is 4.69. The molecule has 0 atom stereocenters. The molecule has 0 aliphatic carbocycles. The number of anilines is 1. The van der Waals surface area contributed by atoms with Crippen molar-refractivity contribution in [2.45, 2.75) is 13.0 Å². The van der Waals surface area contributed by atoms with Crippen LogP contribution >= 0.6 is 0 Å². The predicted octanol–water partition coefficient (Wildman–Crippen LogP) is 5.16. The van der Waals surface area contributed by atoms with Crippen LogP contribution in [0.25, 0.3) is 11.1 Å². The van der Waals surface area contributed by atoms with E-state index in [2.05, 4.69) is 10.1 Å². The van der Waals surface area contributed by atoms with Crippen molar-refractivity contribution in [3.05, 3.63) is 66.2 Å². The first-order chi connectivity index (χ1) is 15.4. The Morgan fingerprint density at radius 3 is 2.16 bits per heavy atom. The first-order valence-electron chi connectivity index (χ1n) is 9.67. The number of alkyl halides is 2. The van der Waals surface area contributed by atoms with Crippen LogP contribution in [0.1, 0.15) is 5.56 Å². The van der Waals surface area contributed by atoms with E-state index in [-0.39, 0.29) is 18.1 Å². The number of benzene rings is 3. The van der Waals surface area contributed by atoms with Crippen LogP contribution in [0.15, 0.2) is 60.7 Å². The Bertz CT molecular complexity index is 1070. The van der Waals surface area contributed by atoms with E-state index >= 15 is 0 Å². The van der Waals surface area contributed by atoms with Crippen LogP contribution in [0.5, 0.6) is 23.0 Å². The molecule has 1 N–H and O–H groups in total. The average molecular weight is 443 g/mol. The lowest BCUT2D eigenvalue weighted by Gasteiger charge is -2.14. The molecule has 3 aromatic rings. The molecule has 0 fully saturated rings. The predicted molar refractivity (Wildman–Crippen MR) is 117 cm³/mol. The molecule has 8 heteroatoms. The van der Waals surface area contributed by atoms with Crippen LogP contribution in [0.4, 0.5) is 14.5 Å². The minimum Gasteiger partial charge on any atom is -0.497 e. The Kier molecular flexibility index (Phi) is 7.49. The maximum Gasteiger partial charge on any atom is 0.387 e. The summed E-state index contributed by atoms with van der Waals surface area (Å²) in [5.74, 6) is 1.44. The van der Waals surface area contributed by atoms with Gasteiger partial charge in [0.1, 0.15) is 11.5 Å². The maximum atomic E-state index is 12.9. The Morgan fingerprint density at radius 1 is 0.844 bits per heavy atom. The van der Waals surface area contributed by atoms with E-state index in [1.165, 1.54) is 33.5 Å². The van der Waals surface area contributed by atoms with Gasteiger partial charge in [-0.05, 0) is 53.6 Å². The SMILES string of the molecule is COc1ccc(-c2cc(NC(=O)Cc3ccc(OC)c(OC)c3)ccc2OC(F)F)cc1. The quantitative estimate of drug-likeness (QED) is 0.495. The Morgan fingerprint density at radius 2 is 1.53 bits per heavy atom. The number of amides is 1. The van der Waals surface area contributed by atoms with Crippen molar-refractivity contribution >= 4 is 11.6 Å². The van der Waals surface area contributed by atoms with E-state index in [0.29, 0.717) is 34.1 Å². The number of nitrogens with one attached hydrogen (secondary N) is 1. The molecule has 0 saturated heterocycles. The highest BCUT2D eigenvalue weighted by molar-refractivity contribution is 5.93. The van der Waals surface area contributed by atoms with Crippen molar-refractivity contribution in [1.29, 1.82) is 0 Å². The molecule has 3 aromatic carbocycles. The fourth-order valence-electron chi connectivity index (χ4n) is 3.18. The monoisotopic (exact) mass is 443 g/mol. The molecule has 0 radical (unpaired) electrons. The van der Waals surface area contributed by atoms with Gasteiger partial charge in [-0.2, -0.15) is 8.78 Å². The number of hydrogen-bond donors (Lipinski definition) is 1. The molecule has 168 valence electrons. The van der Waals surface area contributed by atoms with Gasteiger partial charge in [-0.3, -0.25) is 4.79 Å². The summed E-state index contributed by atoms with van der Waals surface area (Å²) in [6, 6.07) is 16.6. The van der Waals surface area contributed by atoms with Crippen LogP contribution in [0, 0.1) is 0 Å². The number of rotatable bonds is 9. The van der Waals surface area contributed by atoms with Gasteiger partial charge < -0.3 is 24.3 Å². The summed E-state index contributed by atoms with van der Waals surface area (Å²) in [7, 11) is 4.59. The normalized spacial score (nSPS) is 10.6. The summed E-state index contributed by atoms with van der Waals surface area (Å²) in [6.07, 6.45) is 0.0908. The van der Waals surface area contributed by atoms with Gasteiger partial charge in [0.2, 0.25) is 5.91 Å². The Labute approximate surface area is 184 Å². The molecule has 0 aliphatic rings. The van der Waals surface area contributed by atoms with Gasteiger partial charge in [0.25, 0.3) is 0 Å². The van der Waals surface area contributed by atoms with Crippen LogP contribution in [0.3, 0.4) is 0 Å². The molecule has 3 rings (SSSR count). The zero-order valence-corrected chi connectivity index (χ0v) is 17.9. The molecule has 0 aromatic heterocycles. The summed E-state index contributed by atoms with van der Waals surface area (Å²) >= 11 is 0. The summed E-state index contributed by atoms with van der Waals surface area (Å²) in [4.78, 5) is 12.6. The highest BCUT2D eigenvalue weighted by Gasteiger charge is 2.14. The first kappa shape index (κ1) is 22.9. The fraction of sp³-hybridized carbons (Fsp3) is 0.208. The molecule has 0 bridgehead atoms. The van der Waals surface area contributed by atoms with E-state index in [1.54, 1.807) is 48.5 Å². The molecule has 0 saturated carbocycles. The van der Waals surface area contributed by atoms with Gasteiger partial charge in [-0.15, -0.1) is 0 Å². The van der Waals surface area contributed by atoms with Crippen molar-refractivity contribution in [3.63, 3.8) is 0 Å². The standard InChI is InChI=1S/C24H23F2NO5/c1-29-18-8-5-16(6-9-18)19-14-17(7-11-20(19)32-24(25)26)27-23(28)13-15-4-10-21(30-2)22(12-15)31-3/h4-12,14,24H,13H2,1-3H3,(H,27,28). The van der Waals surface area contributed by atoms with Crippen molar-refractivity contribution in [3.8, 4) is 34.1 Å². The number of carbonyl (C=O) groups excluding carboxylic acids is 1. The highest BCUT2D eigenvalue weighted by Crippen LogP contribution is 2.35. The van der Waals surface area contributed by atoms with E-state index in [0.717, 1.165) is 5.56 Å². The van der Waals surface area contributed by atoms with Gasteiger partial charge in [-0.1, -0.05) is 18.2 Å². The molecule has 32 heavy (non-hydrogen) atoms. The zero-order valence-electron chi connectivity index (χ0n) is 17.9. The molecule has 0 heterocycles. The van der Waals surface area contributed by atoms with Crippen molar-refractivity contribution in [2.75, 3.05) is 26.6 Å². The van der Waals surface area contributed by atoms with Crippen molar-refractivity contribution in [2.24, 2.45) is 0 Å². The Hall–Kier alpha value is -3.81. The van der Waals surface area contributed by atoms with Crippen LogP contribution < -0.4 is 24.3 Å². The second-order valence-electron chi connectivity index (χ2n) is 6.73. The van der Waals surface area contributed by atoms with Crippen molar-refractivity contribution in [1.82, 2.24) is 0 Å². The van der Waals surface area contributed by atoms with E-state index < -0.39 is 6.61 Å². The lowest BCUT2D eigenvalue weighted by Crippen LogP contribution is -2.14. The topological polar surface area (TPSA) is 66.0 Å². The van der Waals surface area contributed by atoms with Crippen LogP contribution in [-0.4, -0.2) is 33.8 Å². The van der Waals surface area contributed by atoms with Gasteiger partial charge in [0.15, 0.2) is 11.5 Å². The minimum absolute atomic E-state index is 0.00283. The largest absolute Gasteiger partial charge is 0.497 e. The third kappa shape index (κ3) is 5.66. The maximum absolute atomic E-state index is 12.9. The highest BCUT2D eigenvalue weighted by atomic mass is 19.3. The van der Waals surface area contributed by atoms with Gasteiger partial charge in [-0.25, -0.2) is 0 Å². The molecule has 6 nitrogen and oxygen atoms in total. The minimum atomic E-state index is -2.97. The van der Waals surface area contributed by atoms with Crippen LogP contribution in [0.2, 0.25) is 0 Å². The summed E-state index contributed by atoms with van der Waals surface area (Å²) in [5.41, 5.74) is 2.23. The van der Waals surface area contributed by atoms with Gasteiger partial charge in [0.05, 0.1) is 27.8 Å². The molecule has 0 aliphatic heterocycles. The number of halogens is 2. The lowest BCUT2D eigenvalue weighted by atomic mass is 10.0. The third-order valence-electron chi connectivity index (χ3n) is 4.69. The summed E-state index contributed by atoms with van der Waals surface area (Å²) < 4.78 is 46.0. The van der Waals surface area contributed by atoms with Gasteiger partial charge in [0, 0.05) is 11.3 Å². The lowest BCUT2D eigenvalue weighted by molar-refractivity contribution is -0.115. The number of methoxy groups -OCH3 is 3. The molecule has 0 spiro atoms. The number of carbonyl (C=O) groups is 1. The van der Waals surface area contributed by atoms with E-state index in [4.69, 9.17) is 14.2 Å². The fourth-order valence-corrected chi connectivity index (χ4v) is 3.18. The van der Waals surface area contributed by atoms with E-state index in [9.17, 15) is 13.6 Å². The van der Waals surface area contributed by atoms with Crippen LogP contribution in [-0.2, 0) is 11.2 Å². The Balaban J connectivity index is 1.82. The second kappa shape index (κ2) is 10.5. The molecular formula is C24H23F2NO5. The summed E-state index contributed by atoms with van der Waals surface area (Å²) in [5, 5.41) is 2.79. The average Bonchev–Trinajstić information content (AvgIpc) is 2.79. The number of ether oxygens (including phenoxy) is 4. The molecular weight excluding hydrogens is 420 g/mol. The van der Waals surface area contributed by atoms with Crippen molar-refractivity contribution < 1.29 is 32.5 Å². The van der Waals surface area contributed by atoms with Gasteiger partial charge >= 0.3 is 6.61 Å². The molecule has 0 unspecified atom stereocenters. The first-order valence-corrected chi connectivity index (χ1v) is 9.67. The smallest absolute Gasteiger partial charge is 0.387 e. The summed E-state index contributed by atoms with van der Waals surface area (Å²) in [6.45, 7) is -2.97. The van der Waals surface area contributed by atoms with E-state index in [1.807, 2.05) is 0 Å². The zero-order chi connectivity index (χ0) is 23.1. The molecule has 1 amide bonds. The second-order valence-corrected chi connectivity index (χ2v) is 6.73.